The number of benzene rings is 2. The van der Waals surface area contributed by atoms with E-state index in [9.17, 15) is 17.6 Å². The van der Waals surface area contributed by atoms with E-state index in [1.54, 1.807) is 24.3 Å². The van der Waals surface area contributed by atoms with Gasteiger partial charge >= 0.3 is 0 Å². The lowest BCUT2D eigenvalue weighted by Gasteiger charge is -2.40. The summed E-state index contributed by atoms with van der Waals surface area (Å²) >= 11 is 0. The number of nitrogens with one attached hydrogen (secondary N) is 2. The molecule has 0 atom stereocenters. The molecule has 2 aromatic rings. The van der Waals surface area contributed by atoms with Crippen LogP contribution in [0.3, 0.4) is 0 Å². The van der Waals surface area contributed by atoms with Gasteiger partial charge in [-0.2, -0.15) is 0 Å². The Morgan fingerprint density at radius 3 is 2.22 bits per heavy atom. The molecule has 0 spiro atoms. The van der Waals surface area contributed by atoms with E-state index in [2.05, 4.69) is 10.0 Å². The summed E-state index contributed by atoms with van der Waals surface area (Å²) < 4.78 is 40.0. The van der Waals surface area contributed by atoms with Gasteiger partial charge < -0.3 is 5.32 Å². The maximum atomic E-state index is 13.2. The molecule has 144 valence electrons. The number of amides is 1. The second kappa shape index (κ2) is 7.78. The smallest absolute Gasteiger partial charge is 0.240 e. The Hall–Kier alpha value is -2.25. The highest BCUT2D eigenvalue weighted by Gasteiger charge is 2.45. The van der Waals surface area contributed by atoms with E-state index in [1.165, 1.54) is 24.3 Å². The number of sulfonamides is 1. The van der Waals surface area contributed by atoms with Gasteiger partial charge in [0.1, 0.15) is 5.82 Å². The first kappa shape index (κ1) is 19.5. The van der Waals surface area contributed by atoms with Crippen LogP contribution in [-0.2, 0) is 20.2 Å². The summed E-state index contributed by atoms with van der Waals surface area (Å²) in [6.45, 7) is 2.26. The molecule has 0 heterocycles. The molecule has 1 amide bonds. The molecule has 0 saturated heterocycles. The molecular weight excluding hydrogens is 367 g/mol. The monoisotopic (exact) mass is 390 g/mol. The van der Waals surface area contributed by atoms with Crippen molar-refractivity contribution in [3.63, 3.8) is 0 Å². The summed E-state index contributed by atoms with van der Waals surface area (Å²) in [5.74, 6) is -0.484. The van der Waals surface area contributed by atoms with Gasteiger partial charge in [0.05, 0.1) is 10.3 Å². The summed E-state index contributed by atoms with van der Waals surface area (Å²) in [5, 5.41) is 2.87. The Labute approximate surface area is 159 Å². The van der Waals surface area contributed by atoms with Crippen molar-refractivity contribution < 1.29 is 17.6 Å². The van der Waals surface area contributed by atoms with Crippen molar-refractivity contribution in [3.8, 4) is 0 Å². The van der Waals surface area contributed by atoms with E-state index >= 15 is 0 Å². The summed E-state index contributed by atoms with van der Waals surface area (Å²) in [6, 6.07) is 12.1. The zero-order chi connectivity index (χ0) is 19.5. The van der Waals surface area contributed by atoms with Gasteiger partial charge in [-0.3, -0.25) is 4.79 Å². The van der Waals surface area contributed by atoms with Crippen LogP contribution >= 0.6 is 0 Å². The number of rotatable bonds is 7. The van der Waals surface area contributed by atoms with Crippen LogP contribution in [-0.4, -0.2) is 20.9 Å². The number of hydrogen-bond acceptors (Lipinski definition) is 3. The molecule has 1 aliphatic rings. The number of anilines is 1. The molecule has 7 heteroatoms. The molecule has 0 unspecified atom stereocenters. The van der Waals surface area contributed by atoms with E-state index in [0.717, 1.165) is 12.0 Å². The molecule has 27 heavy (non-hydrogen) atoms. The minimum Gasteiger partial charge on any atom is -0.325 e. The molecule has 2 N–H and O–H groups in total. The fourth-order valence-corrected chi connectivity index (χ4v) is 4.37. The lowest BCUT2D eigenvalue weighted by Crippen LogP contribution is -2.46. The summed E-state index contributed by atoms with van der Waals surface area (Å²) in [5.41, 5.74) is 0.680. The molecule has 1 saturated carbocycles. The zero-order valence-corrected chi connectivity index (χ0v) is 16.0. The Bertz CT molecular complexity index is 905. The lowest BCUT2D eigenvalue weighted by atomic mass is 9.64. The maximum absolute atomic E-state index is 13.2. The molecule has 0 bridgehead atoms. The van der Waals surface area contributed by atoms with Crippen molar-refractivity contribution in [3.05, 3.63) is 59.9 Å². The van der Waals surface area contributed by atoms with Gasteiger partial charge in [0.2, 0.25) is 15.9 Å². The average Bonchev–Trinajstić information content (AvgIpc) is 2.61. The quantitative estimate of drug-likeness (QED) is 0.759. The first-order valence-electron chi connectivity index (χ1n) is 9.05. The van der Waals surface area contributed by atoms with E-state index in [0.29, 0.717) is 31.5 Å². The molecule has 2 aromatic carbocycles. The third-order valence-corrected chi connectivity index (χ3v) is 6.48. The number of carbonyl (C=O) groups excluding carboxylic acids is 1. The van der Waals surface area contributed by atoms with Crippen molar-refractivity contribution in [1.82, 2.24) is 4.72 Å². The first-order valence-corrected chi connectivity index (χ1v) is 10.5. The Morgan fingerprint density at radius 1 is 1.07 bits per heavy atom. The van der Waals surface area contributed by atoms with Gasteiger partial charge in [-0.15, -0.1) is 0 Å². The first-order chi connectivity index (χ1) is 12.9. The fraction of sp³-hybridized carbons (Fsp3) is 0.350. The Balaban J connectivity index is 1.75. The largest absolute Gasteiger partial charge is 0.325 e. The Morgan fingerprint density at radius 2 is 1.70 bits per heavy atom. The van der Waals surface area contributed by atoms with Crippen LogP contribution < -0.4 is 10.0 Å². The second-order valence-corrected chi connectivity index (χ2v) is 8.59. The molecule has 1 fully saturated rings. The lowest BCUT2D eigenvalue weighted by molar-refractivity contribution is -0.124. The minimum atomic E-state index is -3.53. The van der Waals surface area contributed by atoms with Gasteiger partial charge in [0.15, 0.2) is 0 Å². The third-order valence-electron chi connectivity index (χ3n) is 5.00. The number of hydrogen-bond donors (Lipinski definition) is 2. The standard InChI is InChI=1S/C20H23FN2O3S/c1-2-14-22-27(25,26)18-10-8-17(9-11-18)23-19(24)20(12-3-13-20)15-4-6-16(21)7-5-15/h4-11,22H,2-3,12-14H2,1H3,(H,23,24). The minimum absolute atomic E-state index is 0.153. The normalized spacial score (nSPS) is 15.8. The number of halogens is 1. The van der Waals surface area contributed by atoms with Crippen LogP contribution in [0.4, 0.5) is 10.1 Å². The van der Waals surface area contributed by atoms with Gasteiger partial charge in [0, 0.05) is 12.2 Å². The summed E-state index contributed by atoms with van der Waals surface area (Å²) in [7, 11) is -3.53. The summed E-state index contributed by atoms with van der Waals surface area (Å²) in [4.78, 5) is 13.0. The highest BCUT2D eigenvalue weighted by Crippen LogP contribution is 2.44. The van der Waals surface area contributed by atoms with Crippen LogP contribution in [0.25, 0.3) is 0 Å². The van der Waals surface area contributed by atoms with E-state index in [4.69, 9.17) is 0 Å². The van der Waals surface area contributed by atoms with Crippen LogP contribution in [0.2, 0.25) is 0 Å². The van der Waals surface area contributed by atoms with Crippen LogP contribution in [0.5, 0.6) is 0 Å². The molecule has 5 nitrogen and oxygen atoms in total. The van der Waals surface area contributed by atoms with Crippen molar-refractivity contribution >= 4 is 21.6 Å². The van der Waals surface area contributed by atoms with E-state index in [-0.39, 0.29) is 16.6 Å². The van der Waals surface area contributed by atoms with E-state index < -0.39 is 15.4 Å². The van der Waals surface area contributed by atoms with Crippen molar-refractivity contribution in [2.45, 2.75) is 42.9 Å². The van der Waals surface area contributed by atoms with Crippen molar-refractivity contribution in [2.24, 2.45) is 0 Å². The van der Waals surface area contributed by atoms with Crippen LogP contribution in [0, 0.1) is 5.82 Å². The molecule has 0 aromatic heterocycles. The van der Waals surface area contributed by atoms with Crippen molar-refractivity contribution in [2.75, 3.05) is 11.9 Å². The highest BCUT2D eigenvalue weighted by molar-refractivity contribution is 7.89. The van der Waals surface area contributed by atoms with Gasteiger partial charge in [-0.25, -0.2) is 17.5 Å². The SMILES string of the molecule is CCCNS(=O)(=O)c1ccc(NC(=O)C2(c3ccc(F)cc3)CCC2)cc1. The third kappa shape index (κ3) is 4.04. The van der Waals surface area contributed by atoms with Crippen LogP contribution in [0.1, 0.15) is 38.2 Å². The molecule has 1 aliphatic carbocycles. The molecule has 0 radical (unpaired) electrons. The molecular formula is C20H23FN2O3S. The van der Waals surface area contributed by atoms with Gasteiger partial charge in [0.25, 0.3) is 0 Å². The topological polar surface area (TPSA) is 75.3 Å². The molecule has 3 rings (SSSR count). The highest BCUT2D eigenvalue weighted by atomic mass is 32.2. The predicted octanol–water partition coefficient (Wildman–Crippen LogP) is 3.57. The maximum Gasteiger partial charge on any atom is 0.240 e. The van der Waals surface area contributed by atoms with Crippen molar-refractivity contribution in [1.29, 1.82) is 0 Å². The van der Waals surface area contributed by atoms with Gasteiger partial charge in [-0.05, 0) is 61.2 Å². The second-order valence-electron chi connectivity index (χ2n) is 6.82. The number of carbonyl (C=O) groups is 1. The summed E-state index contributed by atoms with van der Waals surface area (Å²) in [6.07, 6.45) is 3.06. The predicted molar refractivity (Wildman–Crippen MR) is 102 cm³/mol. The van der Waals surface area contributed by atoms with Gasteiger partial charge in [-0.1, -0.05) is 25.5 Å². The molecule has 0 aliphatic heterocycles. The fourth-order valence-electron chi connectivity index (χ4n) is 3.23. The Kier molecular flexibility index (Phi) is 5.62. The van der Waals surface area contributed by atoms with Crippen LogP contribution in [0.15, 0.2) is 53.4 Å². The zero-order valence-electron chi connectivity index (χ0n) is 15.2. The average molecular weight is 390 g/mol. The van der Waals surface area contributed by atoms with E-state index in [1.807, 2.05) is 6.92 Å².